The number of benzene rings is 1. The molecule has 0 amide bonds. The number of aromatic nitrogens is 1. The summed E-state index contributed by atoms with van der Waals surface area (Å²) in [5.41, 5.74) is 1.07. The largest absolute Gasteiger partial charge is 0.457 e. The first-order chi connectivity index (χ1) is 9.47. The summed E-state index contributed by atoms with van der Waals surface area (Å²) in [7, 11) is -3.71. The zero-order valence-electron chi connectivity index (χ0n) is 10.4. The van der Waals surface area contributed by atoms with Crippen LogP contribution in [0.2, 0.25) is 0 Å². The first-order valence-corrected chi connectivity index (χ1v) is 7.20. The van der Waals surface area contributed by atoms with Crippen molar-refractivity contribution < 1.29 is 17.9 Å². The van der Waals surface area contributed by atoms with E-state index in [0.29, 0.717) is 11.1 Å². The van der Waals surface area contributed by atoms with Gasteiger partial charge in [0, 0.05) is 12.4 Å². The molecule has 1 aromatic heterocycles. The Bertz CT molecular complexity index is 697. The summed E-state index contributed by atoms with van der Waals surface area (Å²) in [6, 6.07) is 8.91. The highest BCUT2D eigenvalue weighted by Gasteiger charge is 2.09. The Morgan fingerprint density at radius 2 is 1.70 bits per heavy atom. The van der Waals surface area contributed by atoms with Crippen LogP contribution < -0.4 is 5.14 Å². The van der Waals surface area contributed by atoms with Crippen molar-refractivity contribution in [3.63, 3.8) is 0 Å². The minimum absolute atomic E-state index is 0.0155. The number of pyridine rings is 1. The first-order valence-electron chi connectivity index (χ1n) is 5.66. The van der Waals surface area contributed by atoms with E-state index >= 15 is 0 Å². The third-order valence-corrected chi connectivity index (χ3v) is 3.47. The molecule has 20 heavy (non-hydrogen) atoms. The maximum Gasteiger partial charge on any atom is 0.338 e. The molecule has 104 valence electrons. The predicted molar refractivity (Wildman–Crippen MR) is 71.2 cm³/mol. The minimum atomic E-state index is -3.71. The quantitative estimate of drug-likeness (QED) is 0.850. The molecule has 0 unspecified atom stereocenters. The standard InChI is InChI=1S/C13H12N2O4S/c14-20(17,18)12-3-1-10(2-4-12)9-19-13(16)11-5-7-15-8-6-11/h1-8H,9H2,(H2,14,17,18). The first kappa shape index (κ1) is 14.2. The van der Waals surface area contributed by atoms with Crippen LogP contribution in [0.5, 0.6) is 0 Å². The normalized spacial score (nSPS) is 11.1. The number of rotatable bonds is 4. The average Bonchev–Trinajstić information content (AvgIpc) is 2.45. The van der Waals surface area contributed by atoms with Crippen LogP contribution in [-0.4, -0.2) is 19.4 Å². The van der Waals surface area contributed by atoms with Crippen molar-refractivity contribution in [2.75, 3.05) is 0 Å². The lowest BCUT2D eigenvalue weighted by Crippen LogP contribution is -2.12. The molecule has 0 saturated heterocycles. The highest BCUT2D eigenvalue weighted by atomic mass is 32.2. The fourth-order valence-corrected chi connectivity index (χ4v) is 2.01. The summed E-state index contributed by atoms with van der Waals surface area (Å²) in [6.45, 7) is 0.0477. The molecule has 7 heteroatoms. The Labute approximate surface area is 116 Å². The molecule has 0 saturated carbocycles. The molecule has 2 rings (SSSR count). The molecule has 0 atom stereocenters. The van der Waals surface area contributed by atoms with Gasteiger partial charge in [-0.05, 0) is 29.8 Å². The Kier molecular flexibility index (Phi) is 4.11. The molecule has 6 nitrogen and oxygen atoms in total. The minimum Gasteiger partial charge on any atom is -0.457 e. The number of carbonyl (C=O) groups is 1. The predicted octanol–water partition coefficient (Wildman–Crippen LogP) is 1.09. The van der Waals surface area contributed by atoms with E-state index in [1.807, 2.05) is 0 Å². The van der Waals surface area contributed by atoms with Crippen molar-refractivity contribution >= 4 is 16.0 Å². The van der Waals surface area contributed by atoms with Crippen LogP contribution in [0.1, 0.15) is 15.9 Å². The molecule has 1 aromatic carbocycles. The van der Waals surface area contributed by atoms with E-state index in [9.17, 15) is 13.2 Å². The second-order valence-corrected chi connectivity index (χ2v) is 5.56. The molecule has 0 spiro atoms. The number of sulfonamides is 1. The number of ether oxygens (including phenoxy) is 1. The third kappa shape index (κ3) is 3.62. The van der Waals surface area contributed by atoms with E-state index in [4.69, 9.17) is 9.88 Å². The van der Waals surface area contributed by atoms with Crippen molar-refractivity contribution in [1.29, 1.82) is 0 Å². The molecular weight excluding hydrogens is 280 g/mol. The zero-order valence-corrected chi connectivity index (χ0v) is 11.2. The van der Waals surface area contributed by atoms with Crippen molar-refractivity contribution in [3.8, 4) is 0 Å². The lowest BCUT2D eigenvalue weighted by Gasteiger charge is -2.05. The van der Waals surface area contributed by atoms with Gasteiger partial charge in [-0.25, -0.2) is 18.4 Å². The van der Waals surface area contributed by atoms with Crippen LogP contribution >= 0.6 is 0 Å². The number of nitrogens with two attached hydrogens (primary N) is 1. The second-order valence-electron chi connectivity index (χ2n) is 4.00. The summed E-state index contributed by atoms with van der Waals surface area (Å²) in [5, 5.41) is 4.99. The number of esters is 1. The number of hydrogen-bond donors (Lipinski definition) is 1. The monoisotopic (exact) mass is 292 g/mol. The highest BCUT2D eigenvalue weighted by Crippen LogP contribution is 2.10. The van der Waals surface area contributed by atoms with Crippen LogP contribution in [0.4, 0.5) is 0 Å². The van der Waals surface area contributed by atoms with Gasteiger partial charge in [-0.2, -0.15) is 0 Å². The molecule has 1 heterocycles. The van der Waals surface area contributed by atoms with Gasteiger partial charge in [0.15, 0.2) is 0 Å². The van der Waals surface area contributed by atoms with Gasteiger partial charge >= 0.3 is 5.97 Å². The van der Waals surface area contributed by atoms with Gasteiger partial charge in [-0.3, -0.25) is 4.98 Å². The lowest BCUT2D eigenvalue weighted by atomic mass is 10.2. The SMILES string of the molecule is NS(=O)(=O)c1ccc(COC(=O)c2ccncc2)cc1. The maximum atomic E-state index is 11.7. The van der Waals surface area contributed by atoms with Crippen LogP contribution in [-0.2, 0) is 21.4 Å². The molecule has 0 fully saturated rings. The van der Waals surface area contributed by atoms with E-state index in [0.717, 1.165) is 0 Å². The van der Waals surface area contributed by atoms with Gasteiger partial charge in [-0.1, -0.05) is 12.1 Å². The molecule has 0 aliphatic heterocycles. The third-order valence-electron chi connectivity index (χ3n) is 2.54. The van der Waals surface area contributed by atoms with Crippen LogP contribution in [0.15, 0.2) is 53.7 Å². The van der Waals surface area contributed by atoms with Crippen molar-refractivity contribution in [2.24, 2.45) is 5.14 Å². The summed E-state index contributed by atoms with van der Waals surface area (Å²) < 4.78 is 27.3. The van der Waals surface area contributed by atoms with Gasteiger partial charge in [0.1, 0.15) is 6.61 Å². The molecular formula is C13H12N2O4S. The smallest absolute Gasteiger partial charge is 0.338 e. The zero-order chi connectivity index (χ0) is 14.6. The fourth-order valence-electron chi connectivity index (χ4n) is 1.50. The highest BCUT2D eigenvalue weighted by molar-refractivity contribution is 7.89. The topological polar surface area (TPSA) is 99.4 Å². The number of carbonyl (C=O) groups excluding carboxylic acids is 1. The van der Waals surface area contributed by atoms with E-state index in [1.165, 1.54) is 24.5 Å². The van der Waals surface area contributed by atoms with Crippen molar-refractivity contribution in [2.45, 2.75) is 11.5 Å². The van der Waals surface area contributed by atoms with Crippen LogP contribution in [0.25, 0.3) is 0 Å². The molecule has 0 aliphatic carbocycles. The van der Waals surface area contributed by atoms with Gasteiger partial charge < -0.3 is 4.74 Å². The van der Waals surface area contributed by atoms with Gasteiger partial charge in [-0.15, -0.1) is 0 Å². The number of primary sulfonamides is 1. The number of hydrogen-bond acceptors (Lipinski definition) is 5. The molecule has 2 N–H and O–H groups in total. The maximum absolute atomic E-state index is 11.7. The van der Waals surface area contributed by atoms with E-state index in [2.05, 4.69) is 4.98 Å². The number of nitrogens with zero attached hydrogens (tertiary/aromatic N) is 1. The van der Waals surface area contributed by atoms with Gasteiger partial charge in [0.25, 0.3) is 0 Å². The van der Waals surface area contributed by atoms with E-state index in [-0.39, 0.29) is 11.5 Å². The summed E-state index contributed by atoms with van der Waals surface area (Å²) in [4.78, 5) is 15.5. The molecule has 0 bridgehead atoms. The summed E-state index contributed by atoms with van der Waals surface area (Å²) >= 11 is 0. The van der Waals surface area contributed by atoms with Gasteiger partial charge in [0.05, 0.1) is 10.5 Å². The Morgan fingerprint density at radius 1 is 1.10 bits per heavy atom. The van der Waals surface area contributed by atoms with Crippen molar-refractivity contribution in [1.82, 2.24) is 4.98 Å². The second kappa shape index (κ2) is 5.81. The van der Waals surface area contributed by atoms with Crippen molar-refractivity contribution in [3.05, 3.63) is 59.9 Å². The molecule has 0 radical (unpaired) electrons. The van der Waals surface area contributed by atoms with E-state index < -0.39 is 16.0 Å². The Morgan fingerprint density at radius 3 is 2.25 bits per heavy atom. The van der Waals surface area contributed by atoms with Gasteiger partial charge in [0.2, 0.25) is 10.0 Å². The Balaban J connectivity index is 2.00. The van der Waals surface area contributed by atoms with Crippen LogP contribution in [0.3, 0.4) is 0 Å². The summed E-state index contributed by atoms with van der Waals surface area (Å²) in [6.07, 6.45) is 3.00. The molecule has 0 aliphatic rings. The van der Waals surface area contributed by atoms with E-state index in [1.54, 1.807) is 24.3 Å². The molecule has 2 aromatic rings. The Hall–Kier alpha value is -2.25. The fraction of sp³-hybridized carbons (Fsp3) is 0.0769. The lowest BCUT2D eigenvalue weighted by molar-refractivity contribution is 0.0472. The average molecular weight is 292 g/mol. The summed E-state index contributed by atoms with van der Waals surface area (Å²) in [5.74, 6) is -0.470. The van der Waals surface area contributed by atoms with Crippen LogP contribution in [0, 0.1) is 0 Å².